The molecule has 1 saturated heterocycles. The molecule has 1 fully saturated rings. The topological polar surface area (TPSA) is 59.0 Å². The summed E-state index contributed by atoms with van der Waals surface area (Å²) in [5.41, 5.74) is 2.16. The molecule has 1 aliphatic heterocycles. The summed E-state index contributed by atoms with van der Waals surface area (Å²) in [6, 6.07) is 7.28. The van der Waals surface area contributed by atoms with Crippen molar-refractivity contribution in [2.75, 3.05) is 20.8 Å². The SMILES string of the molecule is COc1ccc(C(c2cc(C)cs2)N2CCCCC2C(=O)O)c(OC)c1. The maximum absolute atomic E-state index is 11.9. The van der Waals surface area contributed by atoms with Crippen molar-refractivity contribution in [3.63, 3.8) is 0 Å². The van der Waals surface area contributed by atoms with E-state index in [1.165, 1.54) is 5.56 Å². The number of aliphatic carboxylic acids is 1. The molecule has 140 valence electrons. The average Bonchev–Trinajstić information content (AvgIpc) is 3.08. The molecule has 0 saturated carbocycles. The summed E-state index contributed by atoms with van der Waals surface area (Å²) in [6.07, 6.45) is 2.63. The van der Waals surface area contributed by atoms with E-state index in [-0.39, 0.29) is 6.04 Å². The van der Waals surface area contributed by atoms with Gasteiger partial charge in [-0.15, -0.1) is 11.3 Å². The number of carboxylic acids is 1. The van der Waals surface area contributed by atoms with Gasteiger partial charge in [-0.25, -0.2) is 0 Å². The number of nitrogens with zero attached hydrogens (tertiary/aromatic N) is 1. The highest BCUT2D eigenvalue weighted by molar-refractivity contribution is 7.10. The third-order valence-electron chi connectivity index (χ3n) is 4.92. The fraction of sp³-hybridized carbons (Fsp3) is 0.450. The molecule has 0 amide bonds. The molecule has 0 bridgehead atoms. The highest BCUT2D eigenvalue weighted by atomic mass is 32.1. The van der Waals surface area contributed by atoms with E-state index < -0.39 is 12.0 Å². The Morgan fingerprint density at radius 3 is 2.69 bits per heavy atom. The summed E-state index contributed by atoms with van der Waals surface area (Å²) in [7, 11) is 3.26. The normalized spacial score (nSPS) is 19.1. The van der Waals surface area contributed by atoms with E-state index in [1.807, 2.05) is 18.2 Å². The van der Waals surface area contributed by atoms with E-state index in [2.05, 4.69) is 23.3 Å². The minimum atomic E-state index is -0.754. The van der Waals surface area contributed by atoms with Crippen LogP contribution in [0.2, 0.25) is 0 Å². The molecule has 2 unspecified atom stereocenters. The molecule has 6 heteroatoms. The minimum absolute atomic E-state index is 0.143. The Hall–Kier alpha value is -2.05. The Morgan fingerprint density at radius 1 is 1.27 bits per heavy atom. The number of piperidine rings is 1. The zero-order chi connectivity index (χ0) is 18.7. The standard InChI is InChI=1S/C20H25NO4S/c1-13-10-18(26-12-13)19(21-9-5-4-6-16(21)20(22)23)15-8-7-14(24-2)11-17(15)25-3/h7-8,10-12,16,19H,4-6,9H2,1-3H3,(H,22,23). The molecule has 5 nitrogen and oxygen atoms in total. The molecule has 1 aliphatic rings. The largest absolute Gasteiger partial charge is 0.497 e. The lowest BCUT2D eigenvalue weighted by Crippen LogP contribution is -2.46. The first kappa shape index (κ1) is 18.7. The van der Waals surface area contributed by atoms with Crippen LogP contribution >= 0.6 is 11.3 Å². The van der Waals surface area contributed by atoms with Crippen molar-refractivity contribution in [1.82, 2.24) is 4.90 Å². The van der Waals surface area contributed by atoms with E-state index in [4.69, 9.17) is 9.47 Å². The molecule has 2 atom stereocenters. The maximum atomic E-state index is 11.9. The molecule has 0 radical (unpaired) electrons. The summed E-state index contributed by atoms with van der Waals surface area (Å²) >= 11 is 1.67. The molecule has 1 N–H and O–H groups in total. The first-order chi connectivity index (χ1) is 12.5. The van der Waals surface area contributed by atoms with E-state index in [9.17, 15) is 9.90 Å². The molecule has 0 spiro atoms. The van der Waals surface area contributed by atoms with Crippen LogP contribution in [-0.4, -0.2) is 42.8 Å². The highest BCUT2D eigenvalue weighted by Gasteiger charge is 2.36. The van der Waals surface area contributed by atoms with Crippen LogP contribution in [0.3, 0.4) is 0 Å². The van der Waals surface area contributed by atoms with Crippen LogP contribution < -0.4 is 9.47 Å². The first-order valence-corrected chi connectivity index (χ1v) is 9.68. The van der Waals surface area contributed by atoms with Crippen molar-refractivity contribution in [3.8, 4) is 11.5 Å². The van der Waals surface area contributed by atoms with Crippen molar-refractivity contribution < 1.29 is 19.4 Å². The smallest absolute Gasteiger partial charge is 0.320 e. The van der Waals surface area contributed by atoms with Gasteiger partial charge in [0.1, 0.15) is 17.5 Å². The van der Waals surface area contributed by atoms with Crippen molar-refractivity contribution in [1.29, 1.82) is 0 Å². The summed E-state index contributed by atoms with van der Waals surface area (Å²) in [4.78, 5) is 15.2. The predicted molar refractivity (Wildman–Crippen MR) is 102 cm³/mol. The molecule has 2 aromatic rings. The van der Waals surface area contributed by atoms with Gasteiger partial charge >= 0.3 is 5.97 Å². The van der Waals surface area contributed by atoms with E-state index in [1.54, 1.807) is 25.6 Å². The number of carboxylic acid groups (broad SMARTS) is 1. The van der Waals surface area contributed by atoms with Crippen molar-refractivity contribution >= 4 is 17.3 Å². The van der Waals surface area contributed by atoms with Crippen LogP contribution in [0.4, 0.5) is 0 Å². The summed E-state index contributed by atoms with van der Waals surface area (Å²) in [6.45, 7) is 2.82. The van der Waals surface area contributed by atoms with Gasteiger partial charge in [0, 0.05) is 16.5 Å². The van der Waals surface area contributed by atoms with E-state index in [0.29, 0.717) is 6.42 Å². The van der Waals surface area contributed by atoms with Crippen LogP contribution in [0.15, 0.2) is 29.6 Å². The lowest BCUT2D eigenvalue weighted by Gasteiger charge is -2.39. The van der Waals surface area contributed by atoms with Crippen molar-refractivity contribution in [2.45, 2.75) is 38.3 Å². The Kier molecular flexibility index (Phi) is 5.84. The molecule has 0 aliphatic carbocycles. The number of methoxy groups -OCH3 is 2. The molecule has 1 aromatic heterocycles. The van der Waals surface area contributed by atoms with Gasteiger partial charge in [-0.2, -0.15) is 0 Å². The quantitative estimate of drug-likeness (QED) is 0.824. The molecular weight excluding hydrogens is 350 g/mol. The maximum Gasteiger partial charge on any atom is 0.320 e. The number of hydrogen-bond acceptors (Lipinski definition) is 5. The number of benzene rings is 1. The molecule has 2 heterocycles. The van der Waals surface area contributed by atoms with Gasteiger partial charge in [0.15, 0.2) is 0 Å². The van der Waals surface area contributed by atoms with Crippen molar-refractivity contribution in [2.24, 2.45) is 0 Å². The molecular formula is C20H25NO4S. The highest BCUT2D eigenvalue weighted by Crippen LogP contribution is 2.41. The number of hydrogen-bond donors (Lipinski definition) is 1. The lowest BCUT2D eigenvalue weighted by atomic mass is 9.94. The Bertz CT molecular complexity index is 773. The second-order valence-electron chi connectivity index (χ2n) is 6.62. The third-order valence-corrected chi connectivity index (χ3v) is 6.02. The molecule has 1 aromatic carbocycles. The van der Waals surface area contributed by atoms with Crippen LogP contribution in [-0.2, 0) is 4.79 Å². The van der Waals surface area contributed by atoms with Crippen molar-refractivity contribution in [3.05, 3.63) is 45.6 Å². The minimum Gasteiger partial charge on any atom is -0.497 e. The fourth-order valence-electron chi connectivity index (χ4n) is 3.66. The Balaban J connectivity index is 2.11. The summed E-state index contributed by atoms with van der Waals surface area (Å²) in [5, 5.41) is 11.9. The van der Waals surface area contributed by atoms with E-state index in [0.717, 1.165) is 41.3 Å². The van der Waals surface area contributed by atoms with Gasteiger partial charge in [-0.3, -0.25) is 9.69 Å². The van der Waals surface area contributed by atoms with Crippen LogP contribution in [0, 0.1) is 6.92 Å². The van der Waals surface area contributed by atoms with Gasteiger partial charge in [-0.05, 0) is 55.5 Å². The zero-order valence-corrected chi connectivity index (χ0v) is 16.2. The van der Waals surface area contributed by atoms with Gasteiger partial charge in [0.05, 0.1) is 20.3 Å². The predicted octanol–water partition coefficient (Wildman–Crippen LogP) is 4.10. The van der Waals surface area contributed by atoms with Crippen LogP contribution in [0.5, 0.6) is 11.5 Å². The average molecular weight is 375 g/mol. The molecule has 3 rings (SSSR count). The van der Waals surface area contributed by atoms with Gasteiger partial charge in [0.25, 0.3) is 0 Å². The number of aryl methyl sites for hydroxylation is 1. The van der Waals surface area contributed by atoms with Crippen LogP contribution in [0.25, 0.3) is 0 Å². The summed E-state index contributed by atoms with van der Waals surface area (Å²) in [5.74, 6) is 0.686. The number of thiophene rings is 1. The number of rotatable bonds is 6. The summed E-state index contributed by atoms with van der Waals surface area (Å²) < 4.78 is 11.0. The van der Waals surface area contributed by atoms with Gasteiger partial charge in [0.2, 0.25) is 0 Å². The Morgan fingerprint density at radius 2 is 2.08 bits per heavy atom. The van der Waals surface area contributed by atoms with Gasteiger partial charge < -0.3 is 14.6 Å². The molecule has 26 heavy (non-hydrogen) atoms. The van der Waals surface area contributed by atoms with Gasteiger partial charge in [-0.1, -0.05) is 6.42 Å². The number of likely N-dealkylation sites (tertiary alicyclic amines) is 1. The monoisotopic (exact) mass is 375 g/mol. The zero-order valence-electron chi connectivity index (χ0n) is 15.4. The third kappa shape index (κ3) is 3.71. The van der Waals surface area contributed by atoms with E-state index >= 15 is 0 Å². The first-order valence-electron chi connectivity index (χ1n) is 8.80. The van der Waals surface area contributed by atoms with Crippen LogP contribution in [0.1, 0.15) is 41.3 Å². The second-order valence-corrected chi connectivity index (χ2v) is 7.57. The number of carbonyl (C=O) groups is 1. The second kappa shape index (κ2) is 8.10. The fourth-order valence-corrected chi connectivity index (χ4v) is 4.70. The lowest BCUT2D eigenvalue weighted by molar-refractivity contribution is -0.145. The number of ether oxygens (including phenoxy) is 2. The Labute approximate surface area is 158 Å².